The van der Waals surface area contributed by atoms with Gasteiger partial charge >= 0.3 is 0 Å². The molecule has 2 heterocycles. The molecule has 0 bridgehead atoms. The molecule has 29 heavy (non-hydrogen) atoms. The lowest BCUT2D eigenvalue weighted by Crippen LogP contribution is -2.27. The van der Waals surface area contributed by atoms with Gasteiger partial charge in [-0.1, -0.05) is 48.3 Å². The van der Waals surface area contributed by atoms with E-state index in [4.69, 9.17) is 27.6 Å². The second kappa shape index (κ2) is 8.11. The summed E-state index contributed by atoms with van der Waals surface area (Å²) in [6.45, 7) is 2.05. The third-order valence-electron chi connectivity index (χ3n) is 4.51. The Bertz CT molecular complexity index is 1110. The molecule has 1 aromatic heterocycles. The minimum atomic E-state index is -0.377. The number of rotatable bonds is 4. The van der Waals surface area contributed by atoms with Gasteiger partial charge in [0, 0.05) is 6.08 Å². The van der Waals surface area contributed by atoms with Crippen molar-refractivity contribution in [1.29, 1.82) is 0 Å². The molecule has 0 unspecified atom stereocenters. The molecule has 1 saturated heterocycles. The Morgan fingerprint density at radius 1 is 1.00 bits per heavy atom. The highest BCUT2D eigenvalue weighted by molar-refractivity contribution is 8.19. The summed E-state index contributed by atoms with van der Waals surface area (Å²) in [5, 5.41) is 0.593. The fraction of sp³-hybridized carbons (Fsp3) is 0.0909. The lowest BCUT2D eigenvalue weighted by atomic mass is 10.1. The van der Waals surface area contributed by atoms with Crippen LogP contribution in [0.3, 0.4) is 0 Å². The predicted octanol–water partition coefficient (Wildman–Crippen LogP) is 7.06. The van der Waals surface area contributed by atoms with Crippen molar-refractivity contribution in [2.45, 2.75) is 13.3 Å². The van der Waals surface area contributed by atoms with Crippen molar-refractivity contribution in [2.24, 2.45) is 0 Å². The summed E-state index contributed by atoms with van der Waals surface area (Å²) in [6.07, 6.45) is 2.44. The van der Waals surface area contributed by atoms with Gasteiger partial charge in [-0.3, -0.25) is 9.59 Å². The van der Waals surface area contributed by atoms with Crippen LogP contribution in [0.25, 0.3) is 17.4 Å². The average Bonchev–Trinajstić information content (AvgIpc) is 3.26. The number of aryl methyl sites for hydroxylation is 1. The van der Waals surface area contributed by atoms with E-state index in [-0.39, 0.29) is 11.1 Å². The number of anilines is 1. The SMILES string of the molecule is CCc1ccc(N2C(=O)S/C(=C/c3ccc(-c4c(Cl)cccc4Cl)o3)C2=O)cc1. The number of imide groups is 1. The van der Waals surface area contributed by atoms with Crippen LogP contribution in [-0.2, 0) is 11.2 Å². The monoisotopic (exact) mass is 443 g/mol. The first-order valence-corrected chi connectivity index (χ1v) is 10.5. The van der Waals surface area contributed by atoms with E-state index >= 15 is 0 Å². The molecule has 0 atom stereocenters. The second-order valence-corrected chi connectivity index (χ2v) is 8.14. The van der Waals surface area contributed by atoms with Gasteiger partial charge in [0.25, 0.3) is 11.1 Å². The van der Waals surface area contributed by atoms with E-state index in [0.29, 0.717) is 37.7 Å². The maximum absolute atomic E-state index is 12.8. The quantitative estimate of drug-likeness (QED) is 0.405. The van der Waals surface area contributed by atoms with Gasteiger partial charge in [0.2, 0.25) is 0 Å². The van der Waals surface area contributed by atoms with Gasteiger partial charge in [-0.2, -0.15) is 0 Å². The largest absolute Gasteiger partial charge is 0.457 e. The van der Waals surface area contributed by atoms with Crippen LogP contribution in [0.1, 0.15) is 18.2 Å². The summed E-state index contributed by atoms with van der Waals surface area (Å²) in [4.78, 5) is 26.7. The third kappa shape index (κ3) is 3.86. The Hall–Kier alpha value is -2.47. The minimum Gasteiger partial charge on any atom is -0.457 e. The number of nitrogens with zero attached hydrogens (tertiary/aromatic N) is 1. The molecule has 7 heteroatoms. The highest BCUT2D eigenvalue weighted by Crippen LogP contribution is 2.38. The number of benzene rings is 2. The molecular weight excluding hydrogens is 429 g/mol. The fourth-order valence-corrected chi connectivity index (χ4v) is 4.40. The Kier molecular flexibility index (Phi) is 5.54. The van der Waals surface area contributed by atoms with Gasteiger partial charge in [0.1, 0.15) is 11.5 Å². The molecule has 1 fully saturated rings. The first-order chi connectivity index (χ1) is 14.0. The zero-order valence-electron chi connectivity index (χ0n) is 15.3. The van der Waals surface area contributed by atoms with Crippen LogP contribution in [0.15, 0.2) is 63.9 Å². The summed E-state index contributed by atoms with van der Waals surface area (Å²) >= 11 is 13.3. The van der Waals surface area contributed by atoms with Crippen LogP contribution in [0.4, 0.5) is 10.5 Å². The van der Waals surface area contributed by atoms with Crippen LogP contribution in [0.5, 0.6) is 0 Å². The molecule has 146 valence electrons. The van der Waals surface area contributed by atoms with Gasteiger partial charge in [-0.25, -0.2) is 4.90 Å². The minimum absolute atomic E-state index is 0.292. The van der Waals surface area contributed by atoms with Crippen molar-refractivity contribution < 1.29 is 14.0 Å². The summed E-state index contributed by atoms with van der Waals surface area (Å²) in [7, 11) is 0. The highest BCUT2D eigenvalue weighted by Gasteiger charge is 2.36. The maximum atomic E-state index is 12.8. The number of thioether (sulfide) groups is 1. The first-order valence-electron chi connectivity index (χ1n) is 8.89. The van der Waals surface area contributed by atoms with E-state index in [1.54, 1.807) is 48.5 Å². The number of hydrogen-bond donors (Lipinski definition) is 0. The van der Waals surface area contributed by atoms with Crippen molar-refractivity contribution >= 4 is 57.9 Å². The topological polar surface area (TPSA) is 50.5 Å². The van der Waals surface area contributed by atoms with E-state index in [9.17, 15) is 9.59 Å². The fourth-order valence-electron chi connectivity index (χ4n) is 3.00. The van der Waals surface area contributed by atoms with Crippen LogP contribution in [0, 0.1) is 0 Å². The Morgan fingerprint density at radius 3 is 2.34 bits per heavy atom. The summed E-state index contributed by atoms with van der Waals surface area (Å²) < 4.78 is 5.81. The summed E-state index contributed by atoms with van der Waals surface area (Å²) in [5.74, 6) is 0.544. The van der Waals surface area contributed by atoms with Gasteiger partial charge in [0.15, 0.2) is 0 Å². The normalized spacial score (nSPS) is 15.6. The van der Waals surface area contributed by atoms with E-state index in [1.807, 2.05) is 19.1 Å². The Morgan fingerprint density at radius 2 is 1.69 bits per heavy atom. The zero-order chi connectivity index (χ0) is 20.5. The molecule has 3 aromatic rings. The molecule has 0 saturated carbocycles. The van der Waals surface area contributed by atoms with Gasteiger partial charge in [-0.15, -0.1) is 0 Å². The molecule has 1 aliphatic heterocycles. The third-order valence-corrected chi connectivity index (χ3v) is 6.01. The molecule has 0 aliphatic carbocycles. The molecule has 0 N–H and O–H groups in total. The van der Waals surface area contributed by atoms with Crippen LogP contribution in [0.2, 0.25) is 10.0 Å². The molecule has 4 rings (SSSR count). The first kappa shape index (κ1) is 19.8. The lowest BCUT2D eigenvalue weighted by molar-refractivity contribution is -0.113. The summed E-state index contributed by atoms with van der Waals surface area (Å²) in [6, 6.07) is 16.0. The van der Waals surface area contributed by atoms with E-state index in [2.05, 4.69) is 0 Å². The molecule has 1 aliphatic rings. The Labute approximate surface area is 182 Å². The number of carbonyl (C=O) groups is 2. The Balaban J connectivity index is 1.62. The summed E-state index contributed by atoms with van der Waals surface area (Å²) in [5.41, 5.74) is 2.27. The molecule has 0 spiro atoms. The van der Waals surface area contributed by atoms with Crippen LogP contribution >= 0.6 is 35.0 Å². The molecule has 4 nitrogen and oxygen atoms in total. The number of carbonyl (C=O) groups excluding carboxylic acids is 2. The molecule has 2 aromatic carbocycles. The predicted molar refractivity (Wildman–Crippen MR) is 118 cm³/mol. The van der Waals surface area contributed by atoms with Crippen molar-refractivity contribution in [1.82, 2.24) is 0 Å². The standard InChI is InChI=1S/C22H15Cl2NO3S/c1-2-13-6-8-14(9-7-13)25-21(26)19(29-22(25)27)12-15-10-11-18(28-15)20-16(23)4-3-5-17(20)24/h3-12H,2H2,1H3/b19-12+. The lowest BCUT2D eigenvalue weighted by Gasteiger charge is -2.12. The highest BCUT2D eigenvalue weighted by atomic mass is 35.5. The van der Waals surface area contributed by atoms with Crippen molar-refractivity contribution in [3.05, 3.63) is 80.9 Å². The van der Waals surface area contributed by atoms with Crippen LogP contribution in [-0.4, -0.2) is 11.1 Å². The van der Waals surface area contributed by atoms with Crippen molar-refractivity contribution in [3.63, 3.8) is 0 Å². The number of amides is 2. The van der Waals surface area contributed by atoms with E-state index < -0.39 is 0 Å². The van der Waals surface area contributed by atoms with Crippen LogP contribution < -0.4 is 4.90 Å². The van der Waals surface area contributed by atoms with Gasteiger partial charge in [-0.05, 0) is 60.1 Å². The number of furan rings is 1. The van der Waals surface area contributed by atoms with Crippen molar-refractivity contribution in [2.75, 3.05) is 4.90 Å². The molecular formula is C22H15Cl2NO3S. The second-order valence-electron chi connectivity index (χ2n) is 6.34. The van der Waals surface area contributed by atoms with Gasteiger partial charge in [0.05, 0.1) is 26.2 Å². The van der Waals surface area contributed by atoms with E-state index in [1.165, 1.54) is 4.90 Å². The van der Waals surface area contributed by atoms with Gasteiger partial charge < -0.3 is 4.42 Å². The molecule has 2 amide bonds. The average molecular weight is 444 g/mol. The maximum Gasteiger partial charge on any atom is 0.298 e. The smallest absolute Gasteiger partial charge is 0.298 e. The zero-order valence-corrected chi connectivity index (χ0v) is 17.6. The number of halogens is 2. The van der Waals surface area contributed by atoms with Crippen molar-refractivity contribution in [3.8, 4) is 11.3 Å². The molecule has 0 radical (unpaired) electrons. The number of hydrogen-bond acceptors (Lipinski definition) is 4. The van der Waals surface area contributed by atoms with E-state index in [0.717, 1.165) is 23.7 Å².